The van der Waals surface area contributed by atoms with Crippen molar-refractivity contribution in [2.75, 3.05) is 0 Å². The second kappa shape index (κ2) is 6.15. The molecule has 0 fully saturated rings. The lowest BCUT2D eigenvalue weighted by molar-refractivity contribution is -0.117. The van der Waals surface area contributed by atoms with Gasteiger partial charge in [-0.25, -0.2) is 0 Å². The van der Waals surface area contributed by atoms with Crippen molar-refractivity contribution >= 4 is 33.6 Å². The molecular weight excluding hydrogens is 348 g/mol. The van der Waals surface area contributed by atoms with Crippen molar-refractivity contribution in [1.82, 2.24) is 19.9 Å². The number of carbonyl (C=O) groups is 1. The van der Waals surface area contributed by atoms with Gasteiger partial charge in [0.15, 0.2) is 16.1 Å². The highest BCUT2D eigenvalue weighted by molar-refractivity contribution is 9.10. The fourth-order valence-electron chi connectivity index (χ4n) is 2.06. The van der Waals surface area contributed by atoms with Gasteiger partial charge < -0.3 is 9.73 Å². The third-order valence-corrected chi connectivity index (χ3v) is 3.51. The molecule has 22 heavy (non-hydrogen) atoms. The summed E-state index contributed by atoms with van der Waals surface area (Å²) in [5.41, 5.74) is 0.745. The van der Waals surface area contributed by atoms with Gasteiger partial charge in [0.25, 0.3) is 0 Å². The zero-order valence-electron chi connectivity index (χ0n) is 11.7. The fraction of sp³-hybridized carbons (Fsp3) is 0.133. The number of halogens is 1. The van der Waals surface area contributed by atoms with Crippen molar-refractivity contribution in [2.45, 2.75) is 13.0 Å². The van der Waals surface area contributed by atoms with Crippen molar-refractivity contribution in [3.63, 3.8) is 0 Å². The highest BCUT2D eigenvalue weighted by Gasteiger charge is 2.14. The van der Waals surface area contributed by atoms with E-state index < -0.39 is 0 Å². The summed E-state index contributed by atoms with van der Waals surface area (Å²) in [5, 5.41) is 11.0. The smallest absolute Gasteiger partial charge is 0.244 e. The van der Waals surface area contributed by atoms with Crippen LogP contribution < -0.4 is 5.32 Å². The molecule has 1 N–H and O–H groups in total. The lowest BCUT2D eigenvalue weighted by atomic mass is 10.3. The van der Waals surface area contributed by atoms with E-state index in [-0.39, 0.29) is 11.9 Å². The number of aromatic nitrogens is 3. The van der Waals surface area contributed by atoms with Gasteiger partial charge in [-0.2, -0.15) is 0 Å². The SMILES string of the molecule is CC(NC(=O)/C=C/c1ccc(Br)o1)c1nnc2ccccn12. The van der Waals surface area contributed by atoms with E-state index in [0.29, 0.717) is 16.3 Å². The van der Waals surface area contributed by atoms with Crippen LogP contribution in [0.2, 0.25) is 0 Å². The summed E-state index contributed by atoms with van der Waals surface area (Å²) < 4.78 is 7.76. The van der Waals surface area contributed by atoms with E-state index in [4.69, 9.17) is 4.42 Å². The standard InChI is InChI=1S/C15H13BrN4O2/c1-10(15-19-18-13-4-2-3-9-20(13)15)17-14(21)8-6-11-5-7-12(16)22-11/h2-10H,1H3,(H,17,21)/b8-6+. The summed E-state index contributed by atoms with van der Waals surface area (Å²) in [7, 11) is 0. The topological polar surface area (TPSA) is 72.4 Å². The number of carbonyl (C=O) groups excluding carboxylic acids is 1. The van der Waals surface area contributed by atoms with Crippen molar-refractivity contribution in [2.24, 2.45) is 0 Å². The van der Waals surface area contributed by atoms with Gasteiger partial charge in [-0.05, 0) is 53.2 Å². The van der Waals surface area contributed by atoms with Crippen LogP contribution in [0, 0.1) is 0 Å². The largest absolute Gasteiger partial charge is 0.450 e. The summed E-state index contributed by atoms with van der Waals surface area (Å²) in [5.74, 6) is 1.05. The van der Waals surface area contributed by atoms with Gasteiger partial charge in [0.1, 0.15) is 5.76 Å². The van der Waals surface area contributed by atoms with E-state index in [9.17, 15) is 4.79 Å². The number of rotatable bonds is 4. The Balaban J connectivity index is 1.69. The average molecular weight is 361 g/mol. The van der Waals surface area contributed by atoms with Gasteiger partial charge in [0.2, 0.25) is 5.91 Å². The molecule has 0 aliphatic carbocycles. The minimum absolute atomic E-state index is 0.229. The number of nitrogens with one attached hydrogen (secondary N) is 1. The highest BCUT2D eigenvalue weighted by Crippen LogP contribution is 2.15. The second-order valence-corrected chi connectivity index (χ2v) is 5.47. The van der Waals surface area contributed by atoms with E-state index in [1.54, 1.807) is 18.2 Å². The molecule has 3 rings (SSSR count). The van der Waals surface area contributed by atoms with Crippen LogP contribution >= 0.6 is 15.9 Å². The number of pyridine rings is 1. The Morgan fingerprint density at radius 2 is 2.23 bits per heavy atom. The van der Waals surface area contributed by atoms with Gasteiger partial charge in [-0.1, -0.05) is 6.07 Å². The zero-order chi connectivity index (χ0) is 15.5. The minimum atomic E-state index is -0.266. The van der Waals surface area contributed by atoms with Crippen LogP contribution in [0.1, 0.15) is 24.6 Å². The molecule has 112 valence electrons. The molecule has 3 heterocycles. The summed E-state index contributed by atoms with van der Waals surface area (Å²) in [6.07, 6.45) is 4.89. The number of amides is 1. The molecule has 0 saturated heterocycles. The van der Waals surface area contributed by atoms with Gasteiger partial charge in [-0.3, -0.25) is 9.20 Å². The Bertz CT molecular complexity index is 837. The zero-order valence-corrected chi connectivity index (χ0v) is 13.3. The van der Waals surface area contributed by atoms with Crippen LogP contribution in [0.5, 0.6) is 0 Å². The van der Waals surface area contributed by atoms with Crippen molar-refractivity contribution in [1.29, 1.82) is 0 Å². The van der Waals surface area contributed by atoms with Gasteiger partial charge in [0.05, 0.1) is 6.04 Å². The maximum atomic E-state index is 12.0. The molecule has 0 saturated carbocycles. The second-order valence-electron chi connectivity index (χ2n) is 4.69. The Morgan fingerprint density at radius 3 is 3.00 bits per heavy atom. The molecule has 0 aromatic carbocycles. The summed E-state index contributed by atoms with van der Waals surface area (Å²) in [4.78, 5) is 12.0. The first-order chi connectivity index (χ1) is 10.6. The Labute approximate surface area is 135 Å². The van der Waals surface area contributed by atoms with E-state index in [2.05, 4.69) is 31.4 Å². The first-order valence-corrected chi connectivity index (χ1v) is 7.46. The number of hydrogen-bond donors (Lipinski definition) is 1. The molecule has 3 aromatic heterocycles. The first kappa shape index (κ1) is 14.5. The van der Waals surface area contributed by atoms with E-state index in [1.807, 2.05) is 35.7 Å². The molecule has 0 aliphatic heterocycles. The Hall–Kier alpha value is -2.41. The average Bonchev–Trinajstić information content (AvgIpc) is 3.11. The first-order valence-electron chi connectivity index (χ1n) is 6.67. The van der Waals surface area contributed by atoms with Gasteiger partial charge >= 0.3 is 0 Å². The Kier molecular flexibility index (Phi) is 4.06. The highest BCUT2D eigenvalue weighted by atomic mass is 79.9. The molecule has 0 spiro atoms. The fourth-order valence-corrected chi connectivity index (χ4v) is 2.38. The number of furan rings is 1. The number of nitrogens with zero attached hydrogens (tertiary/aromatic N) is 3. The number of fused-ring (bicyclic) bond motifs is 1. The van der Waals surface area contributed by atoms with Crippen molar-refractivity contribution < 1.29 is 9.21 Å². The van der Waals surface area contributed by atoms with Crippen LogP contribution in [0.15, 0.2) is 51.7 Å². The van der Waals surface area contributed by atoms with Crippen LogP contribution in [0.4, 0.5) is 0 Å². The third kappa shape index (κ3) is 3.09. The predicted molar refractivity (Wildman–Crippen MR) is 85.0 cm³/mol. The monoisotopic (exact) mass is 360 g/mol. The molecule has 3 aromatic rings. The summed E-state index contributed by atoms with van der Waals surface area (Å²) in [6.45, 7) is 1.86. The molecule has 7 heteroatoms. The van der Waals surface area contributed by atoms with E-state index in [0.717, 1.165) is 5.65 Å². The lowest BCUT2D eigenvalue weighted by Crippen LogP contribution is -2.26. The van der Waals surface area contributed by atoms with Crippen LogP contribution in [0.25, 0.3) is 11.7 Å². The van der Waals surface area contributed by atoms with Gasteiger partial charge in [0, 0.05) is 12.3 Å². The molecule has 0 aliphatic rings. The molecule has 1 amide bonds. The molecule has 0 bridgehead atoms. The summed E-state index contributed by atoms with van der Waals surface area (Å²) in [6, 6.07) is 8.91. The summed E-state index contributed by atoms with van der Waals surface area (Å²) >= 11 is 3.21. The third-order valence-electron chi connectivity index (χ3n) is 3.08. The van der Waals surface area contributed by atoms with Crippen LogP contribution in [-0.4, -0.2) is 20.5 Å². The molecule has 0 radical (unpaired) electrons. The molecule has 1 atom stereocenters. The molecule has 6 nitrogen and oxygen atoms in total. The minimum Gasteiger partial charge on any atom is -0.450 e. The Morgan fingerprint density at radius 1 is 1.36 bits per heavy atom. The van der Waals surface area contributed by atoms with Gasteiger partial charge in [-0.15, -0.1) is 10.2 Å². The lowest BCUT2D eigenvalue weighted by Gasteiger charge is -2.10. The predicted octanol–water partition coefficient (Wildman–Crippen LogP) is 2.98. The normalized spacial score (nSPS) is 12.8. The van der Waals surface area contributed by atoms with Crippen LogP contribution in [0.3, 0.4) is 0 Å². The molecule has 1 unspecified atom stereocenters. The molecular formula is C15H13BrN4O2. The maximum absolute atomic E-state index is 12.0. The quantitative estimate of drug-likeness (QED) is 0.726. The van der Waals surface area contributed by atoms with Crippen molar-refractivity contribution in [3.05, 3.63) is 58.9 Å². The van der Waals surface area contributed by atoms with Crippen molar-refractivity contribution in [3.8, 4) is 0 Å². The maximum Gasteiger partial charge on any atom is 0.244 e. The van der Waals surface area contributed by atoms with E-state index in [1.165, 1.54) is 6.08 Å². The number of hydrogen-bond acceptors (Lipinski definition) is 4. The van der Waals surface area contributed by atoms with E-state index >= 15 is 0 Å². The van der Waals surface area contributed by atoms with Crippen LogP contribution in [-0.2, 0) is 4.79 Å².